The van der Waals surface area contributed by atoms with Gasteiger partial charge < -0.3 is 29.4 Å². The van der Waals surface area contributed by atoms with Crippen molar-refractivity contribution in [1.29, 1.82) is 0 Å². The van der Waals surface area contributed by atoms with Crippen molar-refractivity contribution >= 4 is 11.9 Å². The van der Waals surface area contributed by atoms with Crippen LogP contribution in [-0.2, 0) is 9.59 Å². The minimum absolute atomic E-state index is 0.129. The number of hydrogen-bond donors (Lipinski definition) is 1. The molecule has 1 fully saturated rings. The first-order chi connectivity index (χ1) is 12.4. The molecule has 7 nitrogen and oxygen atoms in total. The van der Waals surface area contributed by atoms with Crippen molar-refractivity contribution in [3.05, 3.63) is 23.8 Å². The van der Waals surface area contributed by atoms with Gasteiger partial charge in [-0.25, -0.2) is 0 Å². The smallest absolute Gasteiger partial charge is 0.269 e. The van der Waals surface area contributed by atoms with Gasteiger partial charge in [-0.3, -0.25) is 4.79 Å². The number of nitrogens with zero attached hydrogens (tertiary/aromatic N) is 1. The number of aliphatic hydroxyl groups excluding tert-OH is 1. The summed E-state index contributed by atoms with van der Waals surface area (Å²) in [6.45, 7) is 9.58. The second-order valence-electron chi connectivity index (χ2n) is 8.33. The molecular formula is C20H28NO6-. The number of aliphatic carboxylic acids is 1. The number of amides is 1. The van der Waals surface area contributed by atoms with E-state index in [-0.39, 0.29) is 19.0 Å². The van der Waals surface area contributed by atoms with Crippen LogP contribution in [0.15, 0.2) is 18.2 Å². The van der Waals surface area contributed by atoms with Crippen molar-refractivity contribution in [2.75, 3.05) is 20.2 Å². The molecule has 0 spiro atoms. The highest BCUT2D eigenvalue weighted by atomic mass is 16.5. The first kappa shape index (κ1) is 21.0. The summed E-state index contributed by atoms with van der Waals surface area (Å²) in [7, 11) is 1.56. The molecule has 27 heavy (non-hydrogen) atoms. The number of benzene rings is 1. The van der Waals surface area contributed by atoms with Crippen LogP contribution in [0.3, 0.4) is 0 Å². The maximum Gasteiger partial charge on any atom is 0.269 e. The number of methoxy groups -OCH3 is 1. The van der Waals surface area contributed by atoms with E-state index in [0.717, 1.165) is 5.56 Å². The number of carboxylic acids is 1. The highest BCUT2D eigenvalue weighted by Gasteiger charge is 2.48. The quantitative estimate of drug-likeness (QED) is 0.783. The average molecular weight is 378 g/mol. The maximum atomic E-state index is 11.9. The Morgan fingerprint density at radius 2 is 1.96 bits per heavy atom. The summed E-state index contributed by atoms with van der Waals surface area (Å²) in [4.78, 5) is 24.2. The van der Waals surface area contributed by atoms with Gasteiger partial charge in [0.15, 0.2) is 11.5 Å². The van der Waals surface area contributed by atoms with E-state index in [0.29, 0.717) is 11.5 Å². The van der Waals surface area contributed by atoms with Crippen LogP contribution in [0.5, 0.6) is 11.5 Å². The van der Waals surface area contributed by atoms with Crippen LogP contribution in [0, 0.1) is 5.41 Å². The lowest BCUT2D eigenvalue weighted by Gasteiger charge is -2.34. The molecule has 2 rings (SSSR count). The Bertz CT molecular complexity index is 724. The fourth-order valence-corrected chi connectivity index (χ4v) is 3.53. The van der Waals surface area contributed by atoms with Gasteiger partial charge in [0, 0.05) is 24.4 Å². The Morgan fingerprint density at radius 3 is 2.44 bits per heavy atom. The van der Waals surface area contributed by atoms with Crippen LogP contribution >= 0.6 is 0 Å². The number of carboxylic acid groups (broad SMARTS) is 1. The van der Waals surface area contributed by atoms with Gasteiger partial charge in [0.05, 0.1) is 13.2 Å². The third-order valence-electron chi connectivity index (χ3n) is 5.15. The van der Waals surface area contributed by atoms with Crippen molar-refractivity contribution in [2.24, 2.45) is 5.41 Å². The first-order valence-corrected chi connectivity index (χ1v) is 8.94. The largest absolute Gasteiger partial charge is 0.540 e. The molecule has 0 radical (unpaired) electrons. The average Bonchev–Trinajstić information content (AvgIpc) is 2.91. The molecule has 150 valence electrons. The van der Waals surface area contributed by atoms with E-state index >= 15 is 0 Å². The Balaban J connectivity index is 2.46. The number of carbonyl (C=O) groups is 2. The molecule has 1 N–H and O–H groups in total. The number of aliphatic hydroxyl groups is 1. The minimum Gasteiger partial charge on any atom is -0.540 e. The number of carbonyl (C=O) groups excluding carboxylic acids is 2. The third-order valence-corrected chi connectivity index (χ3v) is 5.15. The Kier molecular flexibility index (Phi) is 5.75. The Hall–Kier alpha value is -2.28. The summed E-state index contributed by atoms with van der Waals surface area (Å²) in [6, 6.07) is 5.47. The highest BCUT2D eigenvalue weighted by molar-refractivity contribution is 6.30. The second-order valence-corrected chi connectivity index (χ2v) is 8.33. The molecule has 3 unspecified atom stereocenters. The zero-order chi connectivity index (χ0) is 20.6. The van der Waals surface area contributed by atoms with Crippen LogP contribution in [0.4, 0.5) is 0 Å². The van der Waals surface area contributed by atoms with E-state index < -0.39 is 29.0 Å². The highest BCUT2D eigenvalue weighted by Crippen LogP contribution is 2.47. The van der Waals surface area contributed by atoms with Gasteiger partial charge in [0.2, 0.25) is 0 Å². The van der Waals surface area contributed by atoms with Crippen molar-refractivity contribution in [3.63, 3.8) is 0 Å². The lowest BCUT2D eigenvalue weighted by molar-refractivity contribution is -0.301. The molecule has 1 heterocycles. The fraction of sp³-hybridized carbons (Fsp3) is 0.600. The standard InChI is InChI=1S/C20H29NO6/c1-12(22)20(5)11-21(17(23)18(24)25)10-14(20)13-7-8-15(26-6)16(9-13)27-19(2,3)4/h7-9,12,14,22H,10-11H2,1-6H3,(H,24,25)/p-1. The Labute approximate surface area is 159 Å². The zero-order valence-electron chi connectivity index (χ0n) is 16.7. The van der Waals surface area contributed by atoms with Crippen molar-refractivity contribution in [1.82, 2.24) is 4.90 Å². The van der Waals surface area contributed by atoms with Crippen LogP contribution in [0.25, 0.3) is 0 Å². The van der Waals surface area contributed by atoms with Crippen molar-refractivity contribution in [2.45, 2.75) is 52.2 Å². The van der Waals surface area contributed by atoms with Crippen molar-refractivity contribution in [3.8, 4) is 11.5 Å². The molecule has 1 aliphatic heterocycles. The number of likely N-dealkylation sites (tertiary alicyclic amines) is 1. The predicted octanol–water partition coefficient (Wildman–Crippen LogP) is 0.935. The molecule has 3 atom stereocenters. The van der Waals surface area contributed by atoms with Gasteiger partial charge in [-0.1, -0.05) is 13.0 Å². The molecule has 0 saturated carbocycles. The van der Waals surface area contributed by atoms with Gasteiger partial charge in [-0.2, -0.15) is 0 Å². The number of hydrogen-bond acceptors (Lipinski definition) is 6. The van der Waals surface area contributed by atoms with Gasteiger partial charge in [-0.15, -0.1) is 0 Å². The molecule has 0 aromatic heterocycles. The van der Waals surface area contributed by atoms with Crippen LogP contribution in [-0.4, -0.2) is 53.8 Å². The SMILES string of the molecule is COc1ccc(C2CN(C(=O)C(=O)[O-])CC2(C)C(C)O)cc1OC(C)(C)C. The lowest BCUT2D eigenvalue weighted by atomic mass is 9.72. The fourth-order valence-electron chi connectivity index (χ4n) is 3.53. The number of ether oxygens (including phenoxy) is 2. The maximum absolute atomic E-state index is 11.9. The summed E-state index contributed by atoms with van der Waals surface area (Å²) in [5, 5.41) is 21.4. The van der Waals surface area contributed by atoms with Gasteiger partial charge in [0.1, 0.15) is 11.6 Å². The zero-order valence-corrected chi connectivity index (χ0v) is 16.7. The number of rotatable bonds is 4. The van der Waals surface area contributed by atoms with Crippen LogP contribution in [0.1, 0.15) is 46.1 Å². The second kappa shape index (κ2) is 7.38. The molecular weight excluding hydrogens is 350 g/mol. The van der Waals surface area contributed by atoms with Crippen molar-refractivity contribution < 1.29 is 29.3 Å². The van der Waals surface area contributed by atoms with E-state index in [4.69, 9.17) is 9.47 Å². The topological polar surface area (TPSA) is 99.1 Å². The van der Waals surface area contributed by atoms with E-state index in [1.807, 2.05) is 39.8 Å². The van der Waals surface area contributed by atoms with E-state index in [1.165, 1.54) is 4.90 Å². The summed E-state index contributed by atoms with van der Waals surface area (Å²) in [5.41, 5.74) is -0.308. The molecule has 1 saturated heterocycles. The van der Waals surface area contributed by atoms with E-state index in [2.05, 4.69) is 0 Å². The third kappa shape index (κ3) is 4.35. The minimum atomic E-state index is -1.74. The molecule has 1 amide bonds. The molecule has 0 aliphatic carbocycles. The summed E-state index contributed by atoms with van der Waals surface area (Å²) >= 11 is 0. The molecule has 7 heteroatoms. The van der Waals surface area contributed by atoms with E-state index in [1.54, 1.807) is 20.1 Å². The van der Waals surface area contributed by atoms with Crippen LogP contribution < -0.4 is 14.6 Å². The van der Waals surface area contributed by atoms with Gasteiger partial charge in [0.25, 0.3) is 5.91 Å². The normalized spacial score (nSPS) is 23.8. The van der Waals surface area contributed by atoms with Gasteiger partial charge in [-0.05, 0) is 45.4 Å². The summed E-state index contributed by atoms with van der Waals surface area (Å²) in [5.74, 6) is -1.94. The molecule has 1 aromatic carbocycles. The first-order valence-electron chi connectivity index (χ1n) is 8.94. The monoisotopic (exact) mass is 378 g/mol. The Morgan fingerprint density at radius 1 is 1.33 bits per heavy atom. The molecule has 1 aromatic rings. The molecule has 0 bridgehead atoms. The lowest BCUT2D eigenvalue weighted by Crippen LogP contribution is -2.44. The summed E-state index contributed by atoms with van der Waals surface area (Å²) < 4.78 is 11.4. The molecule has 1 aliphatic rings. The van der Waals surface area contributed by atoms with Crippen LogP contribution in [0.2, 0.25) is 0 Å². The summed E-state index contributed by atoms with van der Waals surface area (Å²) in [6.07, 6.45) is -0.754. The predicted molar refractivity (Wildman–Crippen MR) is 97.5 cm³/mol. The van der Waals surface area contributed by atoms with Gasteiger partial charge >= 0.3 is 0 Å². The van der Waals surface area contributed by atoms with E-state index in [9.17, 15) is 19.8 Å².